The molecule has 2 aromatic heterocycles. The first-order valence-corrected chi connectivity index (χ1v) is 10.0. The number of rotatable bonds is 3. The topological polar surface area (TPSA) is 71.2 Å². The standard InChI is InChI=1S/C18H30N6OS/c1-17(2,3)14-20-16(26-22-14)24-9-7-8-23(10-11-24)12-13-19-15(25-21-13)18(4,5)6/h7-12H2,1-6H3. The Morgan fingerprint density at radius 1 is 0.962 bits per heavy atom. The molecular formula is C18H30N6OS. The maximum absolute atomic E-state index is 5.41. The van der Waals surface area contributed by atoms with Gasteiger partial charge in [-0.1, -0.05) is 46.7 Å². The maximum Gasteiger partial charge on any atom is 0.232 e. The Morgan fingerprint density at radius 3 is 2.35 bits per heavy atom. The SMILES string of the molecule is CC(C)(C)c1nsc(N2CCCN(Cc3noc(C(C)(C)C)n3)CC2)n1. The van der Waals surface area contributed by atoms with Crippen molar-refractivity contribution in [2.75, 3.05) is 31.1 Å². The molecule has 26 heavy (non-hydrogen) atoms. The normalized spacial score (nSPS) is 17.5. The minimum Gasteiger partial charge on any atom is -0.346 e. The molecule has 0 spiro atoms. The fraction of sp³-hybridized carbons (Fsp3) is 0.778. The lowest BCUT2D eigenvalue weighted by Gasteiger charge is -2.20. The van der Waals surface area contributed by atoms with E-state index in [1.807, 2.05) is 0 Å². The van der Waals surface area contributed by atoms with E-state index in [-0.39, 0.29) is 10.8 Å². The van der Waals surface area contributed by atoms with Crippen molar-refractivity contribution in [3.8, 4) is 0 Å². The van der Waals surface area contributed by atoms with E-state index in [4.69, 9.17) is 9.51 Å². The molecule has 2 aromatic rings. The van der Waals surface area contributed by atoms with Gasteiger partial charge in [-0.05, 0) is 6.42 Å². The van der Waals surface area contributed by atoms with E-state index in [1.165, 1.54) is 11.5 Å². The molecule has 0 saturated carbocycles. The molecule has 8 heteroatoms. The first-order valence-electron chi connectivity index (χ1n) is 9.27. The molecule has 0 radical (unpaired) electrons. The Labute approximate surface area is 160 Å². The predicted octanol–water partition coefficient (Wildman–Crippen LogP) is 3.23. The van der Waals surface area contributed by atoms with Gasteiger partial charge in [-0.25, -0.2) is 4.98 Å². The molecule has 7 nitrogen and oxygen atoms in total. The minimum atomic E-state index is -0.108. The van der Waals surface area contributed by atoms with Crippen molar-refractivity contribution in [2.24, 2.45) is 0 Å². The van der Waals surface area contributed by atoms with Crippen molar-refractivity contribution in [1.82, 2.24) is 24.4 Å². The third kappa shape index (κ3) is 4.59. The lowest BCUT2D eigenvalue weighted by atomic mass is 9.96. The summed E-state index contributed by atoms with van der Waals surface area (Å²) in [4.78, 5) is 14.1. The number of hydrogen-bond donors (Lipinski definition) is 0. The van der Waals surface area contributed by atoms with Crippen LogP contribution in [0.25, 0.3) is 0 Å². The summed E-state index contributed by atoms with van der Waals surface area (Å²) >= 11 is 1.51. The predicted molar refractivity (Wildman–Crippen MR) is 104 cm³/mol. The zero-order valence-corrected chi connectivity index (χ0v) is 17.6. The highest BCUT2D eigenvalue weighted by molar-refractivity contribution is 7.09. The number of hydrogen-bond acceptors (Lipinski definition) is 8. The summed E-state index contributed by atoms with van der Waals surface area (Å²) in [6.45, 7) is 17.4. The second kappa shape index (κ2) is 7.23. The van der Waals surface area contributed by atoms with Crippen LogP contribution in [-0.4, -0.2) is 50.6 Å². The largest absolute Gasteiger partial charge is 0.346 e. The van der Waals surface area contributed by atoms with Gasteiger partial charge in [-0.3, -0.25) is 4.90 Å². The summed E-state index contributed by atoms with van der Waals surface area (Å²) in [7, 11) is 0. The van der Waals surface area contributed by atoms with Crippen LogP contribution in [0.4, 0.5) is 5.13 Å². The van der Waals surface area contributed by atoms with Gasteiger partial charge in [0.05, 0.1) is 6.54 Å². The van der Waals surface area contributed by atoms with Gasteiger partial charge in [-0.2, -0.15) is 9.36 Å². The highest BCUT2D eigenvalue weighted by atomic mass is 32.1. The number of nitrogens with zero attached hydrogens (tertiary/aromatic N) is 6. The summed E-state index contributed by atoms with van der Waals surface area (Å²) in [5.41, 5.74) is -0.112. The van der Waals surface area contributed by atoms with Crippen LogP contribution in [0.5, 0.6) is 0 Å². The Hall–Kier alpha value is -1.54. The molecule has 144 valence electrons. The van der Waals surface area contributed by atoms with Crippen molar-refractivity contribution in [3.63, 3.8) is 0 Å². The van der Waals surface area contributed by atoms with Crippen molar-refractivity contribution < 1.29 is 4.52 Å². The van der Waals surface area contributed by atoms with Gasteiger partial charge in [0, 0.05) is 48.5 Å². The molecule has 1 fully saturated rings. The molecule has 0 amide bonds. The van der Waals surface area contributed by atoms with Crippen LogP contribution in [0, 0.1) is 0 Å². The summed E-state index contributed by atoms with van der Waals surface area (Å²) in [6.07, 6.45) is 1.09. The molecule has 0 aliphatic carbocycles. The quantitative estimate of drug-likeness (QED) is 0.812. The third-order valence-corrected chi connectivity index (χ3v) is 5.20. The van der Waals surface area contributed by atoms with Crippen molar-refractivity contribution in [1.29, 1.82) is 0 Å². The first kappa shape index (κ1) is 19.2. The van der Waals surface area contributed by atoms with Gasteiger partial charge in [0.15, 0.2) is 5.82 Å². The van der Waals surface area contributed by atoms with E-state index in [9.17, 15) is 0 Å². The summed E-state index contributed by atoms with van der Waals surface area (Å²) in [6, 6.07) is 0. The van der Waals surface area contributed by atoms with Crippen LogP contribution < -0.4 is 4.90 Å². The maximum atomic E-state index is 5.41. The van der Waals surface area contributed by atoms with Gasteiger partial charge in [0.1, 0.15) is 5.82 Å². The average molecular weight is 379 g/mol. The van der Waals surface area contributed by atoms with Crippen molar-refractivity contribution in [3.05, 3.63) is 17.5 Å². The van der Waals surface area contributed by atoms with Gasteiger partial charge in [-0.15, -0.1) is 0 Å². The van der Waals surface area contributed by atoms with Crippen LogP contribution in [0.1, 0.15) is 65.5 Å². The monoisotopic (exact) mass is 378 g/mol. The van der Waals surface area contributed by atoms with Crippen LogP contribution in [0.2, 0.25) is 0 Å². The zero-order valence-electron chi connectivity index (χ0n) is 16.7. The van der Waals surface area contributed by atoms with Crippen LogP contribution >= 0.6 is 11.5 Å². The van der Waals surface area contributed by atoms with Gasteiger partial charge in [0.25, 0.3) is 0 Å². The molecule has 0 bridgehead atoms. The number of aromatic nitrogens is 4. The lowest BCUT2D eigenvalue weighted by Crippen LogP contribution is -2.30. The second-order valence-corrected chi connectivity index (χ2v) is 9.76. The van der Waals surface area contributed by atoms with Crippen molar-refractivity contribution in [2.45, 2.75) is 65.3 Å². The summed E-state index contributed by atoms with van der Waals surface area (Å²) in [5.74, 6) is 2.40. The highest BCUT2D eigenvalue weighted by Gasteiger charge is 2.25. The highest BCUT2D eigenvalue weighted by Crippen LogP contribution is 2.26. The summed E-state index contributed by atoms with van der Waals surface area (Å²) in [5, 5.41) is 5.19. The molecule has 0 aromatic carbocycles. The molecule has 1 aliphatic rings. The Morgan fingerprint density at radius 2 is 1.73 bits per heavy atom. The fourth-order valence-electron chi connectivity index (χ4n) is 2.79. The molecule has 1 aliphatic heterocycles. The Kier molecular flexibility index (Phi) is 5.35. The molecule has 1 saturated heterocycles. The zero-order chi connectivity index (χ0) is 18.9. The molecular weight excluding hydrogens is 348 g/mol. The molecule has 3 rings (SSSR count). The van der Waals surface area contributed by atoms with Crippen LogP contribution in [0.15, 0.2) is 4.52 Å². The van der Waals surface area contributed by atoms with Gasteiger partial charge in [0.2, 0.25) is 11.0 Å². The number of anilines is 1. The smallest absolute Gasteiger partial charge is 0.232 e. The molecule has 0 N–H and O–H groups in total. The van der Waals surface area contributed by atoms with E-state index in [2.05, 4.69) is 65.9 Å². The Bertz CT molecular complexity index is 727. The first-order chi connectivity index (χ1) is 12.1. The lowest BCUT2D eigenvalue weighted by molar-refractivity contribution is 0.269. The molecule has 0 atom stereocenters. The van der Waals surface area contributed by atoms with Crippen LogP contribution in [-0.2, 0) is 17.4 Å². The third-order valence-electron chi connectivity index (χ3n) is 4.42. The van der Waals surface area contributed by atoms with E-state index < -0.39 is 0 Å². The molecule has 3 heterocycles. The summed E-state index contributed by atoms with van der Waals surface area (Å²) < 4.78 is 9.96. The Balaban J connectivity index is 1.60. The van der Waals surface area contributed by atoms with Gasteiger partial charge < -0.3 is 9.42 Å². The van der Waals surface area contributed by atoms with Crippen LogP contribution in [0.3, 0.4) is 0 Å². The van der Waals surface area contributed by atoms with E-state index in [0.29, 0.717) is 5.89 Å². The van der Waals surface area contributed by atoms with Gasteiger partial charge >= 0.3 is 0 Å². The second-order valence-electron chi connectivity index (χ2n) is 9.03. The van der Waals surface area contributed by atoms with E-state index >= 15 is 0 Å². The minimum absolute atomic E-state index is 0.00395. The van der Waals surface area contributed by atoms with E-state index in [0.717, 1.165) is 55.9 Å². The average Bonchev–Trinajstić information content (AvgIpc) is 3.13. The fourth-order valence-corrected chi connectivity index (χ4v) is 3.70. The van der Waals surface area contributed by atoms with E-state index in [1.54, 1.807) is 0 Å². The molecule has 0 unspecified atom stereocenters. The van der Waals surface area contributed by atoms with Crippen molar-refractivity contribution >= 4 is 16.7 Å².